The molecule has 2 amide bonds. The zero-order chi connectivity index (χ0) is 17.1. The lowest BCUT2D eigenvalue weighted by molar-refractivity contribution is -0.122. The van der Waals surface area contributed by atoms with Crippen molar-refractivity contribution in [2.45, 2.75) is 32.6 Å². The second-order valence-corrected chi connectivity index (χ2v) is 5.62. The van der Waals surface area contributed by atoms with E-state index in [4.69, 9.17) is 23.8 Å². The maximum atomic E-state index is 11.7. The Morgan fingerprint density at radius 2 is 1.96 bits per heavy atom. The smallest absolute Gasteiger partial charge is 0.250 e. The molecule has 23 heavy (non-hydrogen) atoms. The van der Waals surface area contributed by atoms with Crippen molar-refractivity contribution in [3.8, 4) is 0 Å². The third kappa shape index (κ3) is 8.32. The van der Waals surface area contributed by atoms with Crippen LogP contribution in [0.15, 0.2) is 30.3 Å². The molecule has 0 saturated heterocycles. The van der Waals surface area contributed by atoms with E-state index < -0.39 is 5.91 Å². The number of nitrogens with one attached hydrogen (secondary N) is 3. The minimum Gasteiger partial charge on any atom is -0.298 e. The van der Waals surface area contributed by atoms with Crippen LogP contribution in [0.4, 0.5) is 0 Å². The molecule has 0 radical (unpaired) electrons. The summed E-state index contributed by atoms with van der Waals surface area (Å²) in [6.07, 6.45) is 6.20. The highest BCUT2D eigenvalue weighted by atomic mass is 35.5. The van der Waals surface area contributed by atoms with Gasteiger partial charge in [0, 0.05) is 17.5 Å². The largest absolute Gasteiger partial charge is 0.298 e. The van der Waals surface area contributed by atoms with Gasteiger partial charge < -0.3 is 0 Å². The maximum absolute atomic E-state index is 11.7. The highest BCUT2D eigenvalue weighted by Gasteiger charge is 2.04. The molecule has 0 spiro atoms. The van der Waals surface area contributed by atoms with Crippen LogP contribution in [0.25, 0.3) is 6.08 Å². The van der Waals surface area contributed by atoms with Gasteiger partial charge in [0.2, 0.25) is 11.8 Å². The SMILES string of the molecule is CCCCCC(=O)NNC(=S)NC(=O)/C=C/c1ccccc1Cl. The van der Waals surface area contributed by atoms with Crippen LogP contribution in [0.1, 0.15) is 38.2 Å². The number of amides is 2. The lowest BCUT2D eigenvalue weighted by Crippen LogP contribution is -2.48. The number of hydrazine groups is 1. The third-order valence-corrected chi connectivity index (χ3v) is 3.43. The minimum absolute atomic E-state index is 0.0302. The monoisotopic (exact) mass is 353 g/mol. The Balaban J connectivity index is 2.32. The molecule has 0 fully saturated rings. The van der Waals surface area contributed by atoms with Crippen molar-refractivity contribution in [2.24, 2.45) is 0 Å². The van der Waals surface area contributed by atoms with E-state index in [1.165, 1.54) is 6.08 Å². The Bertz CT molecular complexity index is 590. The summed E-state index contributed by atoms with van der Waals surface area (Å²) in [5.41, 5.74) is 5.66. The molecule has 0 bridgehead atoms. The second-order valence-electron chi connectivity index (χ2n) is 4.80. The number of halogens is 1. The molecule has 0 aliphatic rings. The molecule has 0 atom stereocenters. The Labute approximate surface area is 146 Å². The number of thiocarbonyl (C=S) groups is 1. The number of benzene rings is 1. The van der Waals surface area contributed by atoms with Crippen molar-refractivity contribution in [3.05, 3.63) is 40.9 Å². The van der Waals surface area contributed by atoms with E-state index in [0.29, 0.717) is 11.4 Å². The Kier molecular flexibility index (Phi) is 8.94. The molecule has 1 aromatic rings. The molecule has 5 nitrogen and oxygen atoms in total. The fourth-order valence-electron chi connectivity index (χ4n) is 1.69. The molecule has 0 aliphatic heterocycles. The highest BCUT2D eigenvalue weighted by Crippen LogP contribution is 2.15. The molecule has 7 heteroatoms. The molecule has 3 N–H and O–H groups in total. The number of carbonyl (C=O) groups excluding carboxylic acids is 2. The van der Waals surface area contributed by atoms with Gasteiger partial charge in [0.05, 0.1) is 0 Å². The topological polar surface area (TPSA) is 70.2 Å². The molecule has 124 valence electrons. The lowest BCUT2D eigenvalue weighted by atomic mass is 10.2. The van der Waals surface area contributed by atoms with Gasteiger partial charge in [-0.15, -0.1) is 0 Å². The summed E-state index contributed by atoms with van der Waals surface area (Å²) in [5, 5.41) is 3.01. The Hall–Kier alpha value is -1.92. The fraction of sp³-hybridized carbons (Fsp3) is 0.312. The quantitative estimate of drug-likeness (QED) is 0.318. The van der Waals surface area contributed by atoms with Gasteiger partial charge in [-0.05, 0) is 36.3 Å². The van der Waals surface area contributed by atoms with E-state index in [0.717, 1.165) is 24.8 Å². The van der Waals surface area contributed by atoms with Gasteiger partial charge in [-0.2, -0.15) is 0 Å². The Morgan fingerprint density at radius 3 is 2.65 bits per heavy atom. The molecular formula is C16H20ClN3O2S. The van der Waals surface area contributed by atoms with E-state index >= 15 is 0 Å². The van der Waals surface area contributed by atoms with Gasteiger partial charge in [0.15, 0.2) is 5.11 Å². The van der Waals surface area contributed by atoms with Gasteiger partial charge >= 0.3 is 0 Å². The number of carbonyl (C=O) groups is 2. The van der Waals surface area contributed by atoms with Gasteiger partial charge in [-0.1, -0.05) is 49.6 Å². The lowest BCUT2D eigenvalue weighted by Gasteiger charge is -2.09. The van der Waals surface area contributed by atoms with Crippen molar-refractivity contribution >= 4 is 46.8 Å². The van der Waals surface area contributed by atoms with E-state index in [1.807, 2.05) is 12.1 Å². The average molecular weight is 354 g/mol. The molecule has 0 aromatic heterocycles. The van der Waals surface area contributed by atoms with Crippen molar-refractivity contribution in [1.29, 1.82) is 0 Å². The number of unbranched alkanes of at least 4 members (excludes halogenated alkanes) is 2. The van der Waals surface area contributed by atoms with Gasteiger partial charge in [0.1, 0.15) is 0 Å². The van der Waals surface area contributed by atoms with Crippen LogP contribution in [-0.4, -0.2) is 16.9 Å². The summed E-state index contributed by atoms with van der Waals surface area (Å²) in [5.74, 6) is -0.579. The standard InChI is InChI=1S/C16H20ClN3O2S/c1-2-3-4-9-15(22)19-20-16(23)18-14(21)11-10-12-7-5-6-8-13(12)17/h5-8,10-11H,2-4,9H2,1H3,(H,19,22)(H2,18,20,21,23)/b11-10+. The van der Waals surface area contributed by atoms with Crippen molar-refractivity contribution in [1.82, 2.24) is 16.2 Å². The van der Waals surface area contributed by atoms with Crippen molar-refractivity contribution in [3.63, 3.8) is 0 Å². The summed E-state index contributed by atoms with van der Waals surface area (Å²) >= 11 is 10.9. The summed E-state index contributed by atoms with van der Waals surface area (Å²) < 4.78 is 0. The zero-order valence-electron chi connectivity index (χ0n) is 12.9. The molecule has 1 rings (SSSR count). The van der Waals surface area contributed by atoms with Crippen molar-refractivity contribution in [2.75, 3.05) is 0 Å². The van der Waals surface area contributed by atoms with Crippen LogP contribution < -0.4 is 16.2 Å². The molecule has 1 aromatic carbocycles. The molecule has 0 heterocycles. The van der Waals surface area contributed by atoms with Gasteiger partial charge in [0.25, 0.3) is 0 Å². The number of hydrogen-bond donors (Lipinski definition) is 3. The number of hydrogen-bond acceptors (Lipinski definition) is 3. The van der Waals surface area contributed by atoms with Crippen LogP contribution in [0.5, 0.6) is 0 Å². The minimum atomic E-state index is -0.414. The summed E-state index contributed by atoms with van der Waals surface area (Å²) in [4.78, 5) is 23.2. The first-order chi connectivity index (χ1) is 11.0. The fourth-order valence-corrected chi connectivity index (χ4v) is 2.04. The highest BCUT2D eigenvalue weighted by molar-refractivity contribution is 7.80. The first-order valence-electron chi connectivity index (χ1n) is 7.35. The van der Waals surface area contributed by atoms with Gasteiger partial charge in [-0.3, -0.25) is 25.8 Å². The Morgan fingerprint density at radius 1 is 1.22 bits per heavy atom. The van der Waals surface area contributed by atoms with Crippen LogP contribution in [0.2, 0.25) is 5.02 Å². The van der Waals surface area contributed by atoms with E-state index in [9.17, 15) is 9.59 Å². The molecule has 0 unspecified atom stereocenters. The second kappa shape index (κ2) is 10.7. The van der Waals surface area contributed by atoms with Crippen LogP contribution in [-0.2, 0) is 9.59 Å². The zero-order valence-corrected chi connectivity index (χ0v) is 14.5. The maximum Gasteiger partial charge on any atom is 0.250 e. The predicted molar refractivity (Wildman–Crippen MR) is 96.6 cm³/mol. The number of rotatable bonds is 6. The van der Waals surface area contributed by atoms with Crippen LogP contribution in [0, 0.1) is 0 Å². The summed E-state index contributed by atoms with van der Waals surface area (Å²) in [6.45, 7) is 2.07. The molecular weight excluding hydrogens is 334 g/mol. The van der Waals surface area contributed by atoms with E-state index in [-0.39, 0.29) is 11.0 Å². The normalized spacial score (nSPS) is 10.3. The molecule has 0 aliphatic carbocycles. The van der Waals surface area contributed by atoms with E-state index in [1.54, 1.807) is 18.2 Å². The van der Waals surface area contributed by atoms with Gasteiger partial charge in [-0.25, -0.2) is 0 Å². The first kappa shape index (κ1) is 19.1. The first-order valence-corrected chi connectivity index (χ1v) is 8.14. The summed E-state index contributed by atoms with van der Waals surface area (Å²) in [7, 11) is 0. The average Bonchev–Trinajstić information content (AvgIpc) is 2.52. The molecule has 0 saturated carbocycles. The van der Waals surface area contributed by atoms with E-state index in [2.05, 4.69) is 23.1 Å². The summed E-state index contributed by atoms with van der Waals surface area (Å²) in [6, 6.07) is 7.16. The third-order valence-electron chi connectivity index (χ3n) is 2.88. The van der Waals surface area contributed by atoms with Crippen LogP contribution >= 0.6 is 23.8 Å². The predicted octanol–water partition coefficient (Wildman–Crippen LogP) is 2.96. The van der Waals surface area contributed by atoms with Crippen molar-refractivity contribution < 1.29 is 9.59 Å². The van der Waals surface area contributed by atoms with Crippen LogP contribution in [0.3, 0.4) is 0 Å².